The SMILES string of the molecule is C=C(F)/C=C\C(=C(/C)Cl)[C@@H]1N=C(c2nccs2)NC(CN2CCN3C(=O)N(c4ccc(C(C)(C)C(=O)O)cc4)C[C@@H]3[C@H]2COC)=C1C(=O)OC. The molecule has 3 atom stereocenters. The number of carbonyl (C=O) groups excluding carboxylic acids is 2. The van der Waals surface area contributed by atoms with Gasteiger partial charge in [0.05, 0.1) is 36.8 Å². The number of benzene rings is 1. The van der Waals surface area contributed by atoms with Crippen LogP contribution in [-0.4, -0.2) is 109 Å². The molecule has 1 aromatic heterocycles. The van der Waals surface area contributed by atoms with Crippen LogP contribution in [0.25, 0.3) is 0 Å². The minimum absolute atomic E-state index is 0.155. The van der Waals surface area contributed by atoms with E-state index in [-0.39, 0.29) is 30.2 Å². The summed E-state index contributed by atoms with van der Waals surface area (Å²) in [6.45, 7) is 9.97. The lowest BCUT2D eigenvalue weighted by molar-refractivity contribution is -0.142. The Hall–Kier alpha value is -4.37. The minimum atomic E-state index is -1.08. The predicted octanol–water partition coefficient (Wildman–Crippen LogP) is 4.84. The number of anilines is 1. The Kier molecular flexibility index (Phi) is 11.3. The van der Waals surface area contributed by atoms with Gasteiger partial charge in [0, 0.05) is 61.3 Å². The van der Waals surface area contributed by atoms with E-state index in [1.807, 2.05) is 10.3 Å². The van der Waals surface area contributed by atoms with Gasteiger partial charge in [-0.1, -0.05) is 36.4 Å². The number of amidine groups is 1. The van der Waals surface area contributed by atoms with Gasteiger partial charge in [-0.3, -0.25) is 19.6 Å². The van der Waals surface area contributed by atoms with Crippen molar-refractivity contribution in [3.8, 4) is 0 Å². The van der Waals surface area contributed by atoms with Gasteiger partial charge in [0.1, 0.15) is 11.9 Å². The number of amides is 2. The molecule has 50 heavy (non-hydrogen) atoms. The van der Waals surface area contributed by atoms with Crippen molar-refractivity contribution in [3.05, 3.63) is 92.8 Å². The molecule has 2 amide bonds. The van der Waals surface area contributed by atoms with E-state index in [9.17, 15) is 23.9 Å². The van der Waals surface area contributed by atoms with Crippen LogP contribution in [0.15, 0.2) is 87.3 Å². The first-order valence-corrected chi connectivity index (χ1v) is 17.1. The van der Waals surface area contributed by atoms with Gasteiger partial charge in [-0.25, -0.2) is 19.0 Å². The third kappa shape index (κ3) is 7.38. The van der Waals surface area contributed by atoms with Crippen molar-refractivity contribution < 1.29 is 33.4 Å². The lowest BCUT2D eigenvalue weighted by Gasteiger charge is -2.44. The summed E-state index contributed by atoms with van der Waals surface area (Å²) in [6.07, 6.45) is 4.25. The van der Waals surface area contributed by atoms with Gasteiger partial charge in [0.2, 0.25) is 0 Å². The molecule has 12 nitrogen and oxygen atoms in total. The molecule has 5 rings (SSSR count). The van der Waals surface area contributed by atoms with Crippen molar-refractivity contribution in [2.24, 2.45) is 4.99 Å². The van der Waals surface area contributed by atoms with E-state index < -0.39 is 29.2 Å². The average Bonchev–Trinajstić information content (AvgIpc) is 3.74. The first-order valence-electron chi connectivity index (χ1n) is 15.9. The first kappa shape index (κ1) is 36.9. The fourth-order valence-corrected chi connectivity index (χ4v) is 7.15. The quantitative estimate of drug-likeness (QED) is 0.233. The lowest BCUT2D eigenvalue weighted by atomic mass is 9.85. The zero-order valence-corrected chi connectivity index (χ0v) is 30.1. The maximum Gasteiger partial charge on any atom is 0.338 e. The molecule has 3 aliphatic heterocycles. The summed E-state index contributed by atoms with van der Waals surface area (Å²) < 4.78 is 24.7. The molecule has 3 aliphatic rings. The van der Waals surface area contributed by atoms with Crippen LogP contribution in [0.5, 0.6) is 0 Å². The number of hydrogen-bond acceptors (Lipinski definition) is 10. The molecular weight excluding hydrogens is 687 g/mol. The number of carbonyl (C=O) groups is 3. The maximum atomic E-state index is 13.8. The third-order valence-corrected chi connectivity index (χ3v) is 10.2. The van der Waals surface area contributed by atoms with E-state index in [0.717, 1.165) is 6.08 Å². The summed E-state index contributed by atoms with van der Waals surface area (Å²) in [6, 6.07) is 5.38. The molecule has 0 radical (unpaired) electrons. The zero-order valence-electron chi connectivity index (χ0n) is 28.5. The molecule has 15 heteroatoms. The molecular formula is C35H40ClFN6O6S. The van der Waals surface area contributed by atoms with Crippen molar-refractivity contribution in [1.82, 2.24) is 20.1 Å². The Bertz CT molecular complexity index is 1770. The van der Waals surface area contributed by atoms with Crippen molar-refractivity contribution in [1.29, 1.82) is 0 Å². The van der Waals surface area contributed by atoms with Crippen molar-refractivity contribution in [2.75, 3.05) is 51.9 Å². The Balaban J connectivity index is 1.50. The summed E-state index contributed by atoms with van der Waals surface area (Å²) >= 11 is 7.90. The number of piperazine rings is 1. The van der Waals surface area contributed by atoms with Gasteiger partial charge in [-0.2, -0.15) is 0 Å². The highest BCUT2D eigenvalue weighted by atomic mass is 35.5. The van der Waals surface area contributed by atoms with Crippen LogP contribution < -0.4 is 10.2 Å². The van der Waals surface area contributed by atoms with E-state index >= 15 is 0 Å². The third-order valence-electron chi connectivity index (χ3n) is 9.22. The van der Waals surface area contributed by atoms with Gasteiger partial charge in [-0.05, 0) is 50.1 Å². The number of aliphatic imine (C=N–C) groups is 1. The van der Waals surface area contributed by atoms with Crippen LogP contribution in [0.4, 0.5) is 14.9 Å². The summed E-state index contributed by atoms with van der Waals surface area (Å²) in [7, 11) is 2.88. The van der Waals surface area contributed by atoms with Crippen LogP contribution in [0.3, 0.4) is 0 Å². The number of hydrogen-bond donors (Lipinski definition) is 2. The number of halogens is 2. The topological polar surface area (TPSA) is 137 Å². The summed E-state index contributed by atoms with van der Waals surface area (Å²) in [4.78, 5) is 54.0. The summed E-state index contributed by atoms with van der Waals surface area (Å²) in [5.74, 6) is -1.86. The molecule has 2 fully saturated rings. The van der Waals surface area contributed by atoms with Gasteiger partial charge in [-0.15, -0.1) is 11.3 Å². The Labute approximate surface area is 299 Å². The zero-order chi connectivity index (χ0) is 36.3. The van der Waals surface area contributed by atoms with Crippen LogP contribution >= 0.6 is 22.9 Å². The highest BCUT2D eigenvalue weighted by molar-refractivity contribution is 7.11. The molecule has 0 unspecified atom stereocenters. The number of methoxy groups -OCH3 is 2. The highest BCUT2D eigenvalue weighted by Gasteiger charge is 2.47. The Morgan fingerprint density at radius 1 is 1.22 bits per heavy atom. The smallest absolute Gasteiger partial charge is 0.338 e. The van der Waals surface area contributed by atoms with Crippen LogP contribution in [-0.2, 0) is 24.5 Å². The predicted molar refractivity (Wildman–Crippen MR) is 190 cm³/mol. The standard InChI is InChI=1S/C35H40ClFN6O6S/c1-20(37)7-12-24(21(2)36)29-28(32(44)49-6)25(39-30(40-29)31-38-13-16-50-31)17-41-14-15-42-26(27(41)19-48-5)18-43(34(42)47)23-10-8-22(9-11-23)35(3,4)33(45)46/h7-13,16,26-27,29H,1,14-15,17-19H2,2-6H3,(H,39,40)(H,45,46)/b12-7-,24-21-/t26-,27-,29+/m1/s1. The number of esters is 1. The van der Waals surface area contributed by atoms with Crippen LogP contribution in [0.2, 0.25) is 0 Å². The van der Waals surface area contributed by atoms with E-state index in [4.69, 9.17) is 26.1 Å². The highest BCUT2D eigenvalue weighted by Crippen LogP contribution is 2.34. The number of rotatable bonds is 12. The summed E-state index contributed by atoms with van der Waals surface area (Å²) in [5, 5.41) is 15.7. The number of nitrogens with one attached hydrogen (secondary N) is 1. The number of aromatic nitrogens is 1. The normalized spacial score (nSPS) is 21.9. The molecule has 4 heterocycles. The molecule has 266 valence electrons. The number of aliphatic carboxylic acids is 1. The van der Waals surface area contributed by atoms with Crippen LogP contribution in [0.1, 0.15) is 31.3 Å². The second kappa shape index (κ2) is 15.3. The van der Waals surface area contributed by atoms with E-state index in [1.165, 1.54) is 24.5 Å². The number of allylic oxidation sites excluding steroid dienone is 3. The first-order chi connectivity index (χ1) is 23.8. The monoisotopic (exact) mass is 726 g/mol. The van der Waals surface area contributed by atoms with Crippen molar-refractivity contribution in [3.63, 3.8) is 0 Å². The fourth-order valence-electron chi connectivity index (χ4n) is 6.40. The van der Waals surface area contributed by atoms with Gasteiger partial charge < -0.3 is 24.8 Å². The minimum Gasteiger partial charge on any atom is -0.481 e. The number of carboxylic acid groups (broad SMARTS) is 1. The van der Waals surface area contributed by atoms with E-state index in [1.54, 1.807) is 63.2 Å². The second-order valence-electron chi connectivity index (χ2n) is 12.6. The van der Waals surface area contributed by atoms with Crippen LogP contribution in [0, 0.1) is 0 Å². The molecule has 2 N–H and O–H groups in total. The Morgan fingerprint density at radius 2 is 1.94 bits per heavy atom. The number of thiazole rings is 1. The maximum absolute atomic E-state index is 13.8. The van der Waals surface area contributed by atoms with Gasteiger partial charge in [0.25, 0.3) is 0 Å². The van der Waals surface area contributed by atoms with Crippen molar-refractivity contribution in [2.45, 2.75) is 44.3 Å². The number of carboxylic acids is 1. The Morgan fingerprint density at radius 3 is 2.52 bits per heavy atom. The molecule has 2 aromatic rings. The molecule has 0 spiro atoms. The number of nitrogens with zero attached hydrogens (tertiary/aromatic N) is 5. The van der Waals surface area contributed by atoms with E-state index in [2.05, 4.69) is 21.8 Å². The fraction of sp³-hybridized carbons (Fsp3) is 0.400. The molecule has 0 bridgehead atoms. The number of ether oxygens (including phenoxy) is 2. The largest absolute Gasteiger partial charge is 0.481 e. The molecule has 1 aromatic carbocycles. The molecule has 2 saturated heterocycles. The number of fused-ring (bicyclic) bond motifs is 1. The second-order valence-corrected chi connectivity index (χ2v) is 14.1. The van der Waals surface area contributed by atoms with Gasteiger partial charge >= 0.3 is 18.0 Å². The lowest BCUT2D eigenvalue weighted by Crippen LogP contribution is -2.61. The van der Waals surface area contributed by atoms with Crippen molar-refractivity contribution >= 4 is 52.4 Å². The molecule has 0 saturated carbocycles. The average molecular weight is 727 g/mol. The van der Waals surface area contributed by atoms with Gasteiger partial charge in [0.15, 0.2) is 10.8 Å². The molecule has 0 aliphatic carbocycles. The summed E-state index contributed by atoms with van der Waals surface area (Å²) in [5.41, 5.74) is 1.28. The number of urea groups is 1. The van der Waals surface area contributed by atoms with E-state index in [0.29, 0.717) is 64.6 Å².